The first-order chi connectivity index (χ1) is 14.1. The number of thioether (sulfide) groups is 1. The van der Waals surface area contributed by atoms with Crippen LogP contribution in [0.4, 0.5) is 5.69 Å². The highest BCUT2D eigenvalue weighted by Crippen LogP contribution is 2.18. The number of aromatic nitrogens is 2. The van der Waals surface area contributed by atoms with Crippen molar-refractivity contribution in [2.45, 2.75) is 17.9 Å². The lowest BCUT2D eigenvalue weighted by molar-refractivity contribution is -0.708. The van der Waals surface area contributed by atoms with Crippen molar-refractivity contribution in [1.29, 1.82) is 0 Å². The summed E-state index contributed by atoms with van der Waals surface area (Å²) in [4.78, 5) is 2.35. The summed E-state index contributed by atoms with van der Waals surface area (Å²) < 4.78 is 4.30. The van der Waals surface area contributed by atoms with Crippen molar-refractivity contribution in [2.24, 2.45) is 14.1 Å². The van der Waals surface area contributed by atoms with Crippen molar-refractivity contribution in [3.63, 3.8) is 0 Å². The van der Waals surface area contributed by atoms with Gasteiger partial charge in [0.2, 0.25) is 10.7 Å². The molecule has 0 radical (unpaired) electrons. The molecule has 0 atom stereocenters. The number of hydrogen-bond donors (Lipinski definition) is 0. The molecule has 29 heavy (non-hydrogen) atoms. The summed E-state index contributed by atoms with van der Waals surface area (Å²) >= 11 is 1.94. The monoisotopic (exact) mass is 405 g/mol. The van der Waals surface area contributed by atoms with Crippen LogP contribution in [0.15, 0.2) is 78.1 Å². The predicted octanol–water partition coefficient (Wildman–Crippen LogP) is 4.51. The van der Waals surface area contributed by atoms with Crippen molar-refractivity contribution in [2.75, 3.05) is 24.2 Å². The Balaban J connectivity index is 1.43. The lowest BCUT2D eigenvalue weighted by Crippen LogP contribution is -2.30. The summed E-state index contributed by atoms with van der Waals surface area (Å²) in [7, 11) is 6.35. The van der Waals surface area contributed by atoms with Gasteiger partial charge in [-0.3, -0.25) is 0 Å². The molecule has 2 heterocycles. The third-order valence-electron chi connectivity index (χ3n) is 5.02. The molecule has 0 fully saturated rings. The van der Waals surface area contributed by atoms with Gasteiger partial charge in [0.25, 0.3) is 0 Å². The summed E-state index contributed by atoms with van der Waals surface area (Å²) in [5, 5.41) is 1.33. The minimum absolute atomic E-state index is 1.08. The highest BCUT2D eigenvalue weighted by Gasteiger charge is 2.06. The maximum Gasteiger partial charge on any atom is 0.239 e. The molecular formula is C25H31N3S+2. The van der Waals surface area contributed by atoms with Crippen LogP contribution in [0.25, 0.3) is 12.2 Å². The van der Waals surface area contributed by atoms with E-state index in [0.717, 1.165) is 12.3 Å². The highest BCUT2D eigenvalue weighted by atomic mass is 32.2. The van der Waals surface area contributed by atoms with Gasteiger partial charge in [-0.1, -0.05) is 23.9 Å². The molecule has 3 rings (SSSR count). The van der Waals surface area contributed by atoms with Crippen LogP contribution in [0.1, 0.15) is 24.1 Å². The van der Waals surface area contributed by atoms with E-state index in [2.05, 4.69) is 114 Å². The van der Waals surface area contributed by atoms with E-state index in [1.54, 1.807) is 0 Å². The summed E-state index contributed by atoms with van der Waals surface area (Å²) in [5.74, 6) is 1.16. The molecule has 0 unspecified atom stereocenters. The fraction of sp³-hybridized carbons (Fsp3) is 0.280. The van der Waals surface area contributed by atoms with Crippen LogP contribution in [-0.4, -0.2) is 19.3 Å². The van der Waals surface area contributed by atoms with Gasteiger partial charge in [-0.2, -0.15) is 4.57 Å². The number of benzene rings is 1. The smallest absolute Gasteiger partial charge is 0.239 e. The summed E-state index contributed by atoms with van der Waals surface area (Å²) in [5.41, 5.74) is 3.68. The van der Waals surface area contributed by atoms with E-state index in [1.165, 1.54) is 34.8 Å². The number of anilines is 1. The van der Waals surface area contributed by atoms with E-state index in [4.69, 9.17) is 0 Å². The number of aryl methyl sites for hydroxylation is 2. The van der Waals surface area contributed by atoms with Crippen LogP contribution in [-0.2, 0) is 14.1 Å². The molecule has 0 amide bonds. The SMILES string of the molecule is CN(CCCCSc1cccc[n+]1C)c1ccc(/C=C/c2cccc[n+]2C)cc1. The number of nitrogens with zero attached hydrogens (tertiary/aromatic N) is 3. The van der Waals surface area contributed by atoms with Crippen LogP contribution in [0, 0.1) is 0 Å². The largest absolute Gasteiger partial charge is 0.375 e. The molecule has 1 aromatic carbocycles. The molecule has 3 nitrogen and oxygen atoms in total. The van der Waals surface area contributed by atoms with E-state index in [9.17, 15) is 0 Å². The van der Waals surface area contributed by atoms with Crippen molar-refractivity contribution < 1.29 is 9.13 Å². The molecule has 3 aromatic rings. The van der Waals surface area contributed by atoms with Crippen LogP contribution in [0.5, 0.6) is 0 Å². The number of hydrogen-bond acceptors (Lipinski definition) is 2. The highest BCUT2D eigenvalue weighted by molar-refractivity contribution is 7.99. The molecule has 0 saturated carbocycles. The number of unbranched alkanes of at least 4 members (excludes halogenated alkanes) is 1. The first-order valence-corrected chi connectivity index (χ1v) is 11.1. The molecule has 0 spiro atoms. The molecule has 4 heteroatoms. The van der Waals surface area contributed by atoms with Crippen molar-refractivity contribution >= 4 is 29.6 Å². The van der Waals surface area contributed by atoms with Gasteiger partial charge >= 0.3 is 0 Å². The first-order valence-electron chi connectivity index (χ1n) is 10.1. The zero-order valence-electron chi connectivity index (χ0n) is 17.7. The summed E-state index contributed by atoms with van der Waals surface area (Å²) in [6.45, 7) is 1.08. The molecule has 0 saturated heterocycles. The molecule has 0 aliphatic carbocycles. The fourth-order valence-electron chi connectivity index (χ4n) is 3.15. The Kier molecular flexibility index (Phi) is 7.88. The number of rotatable bonds is 9. The first kappa shape index (κ1) is 21.1. The van der Waals surface area contributed by atoms with Crippen LogP contribution >= 0.6 is 11.8 Å². The second kappa shape index (κ2) is 10.8. The molecule has 0 bridgehead atoms. The normalized spacial score (nSPS) is 11.1. The zero-order chi connectivity index (χ0) is 20.5. The Hall–Kier alpha value is -2.59. The van der Waals surface area contributed by atoms with Crippen LogP contribution in [0.3, 0.4) is 0 Å². The molecular weight excluding hydrogens is 374 g/mol. The molecule has 0 N–H and O–H groups in total. The Morgan fingerprint density at radius 1 is 0.828 bits per heavy atom. The van der Waals surface area contributed by atoms with Gasteiger partial charge in [0, 0.05) is 55.4 Å². The molecule has 0 aliphatic heterocycles. The van der Waals surface area contributed by atoms with Crippen molar-refractivity contribution in [1.82, 2.24) is 0 Å². The Labute approximate surface area is 179 Å². The quantitative estimate of drug-likeness (QED) is 0.295. The fourth-order valence-corrected chi connectivity index (χ4v) is 4.14. The number of pyridine rings is 2. The average Bonchev–Trinajstić information content (AvgIpc) is 2.74. The molecule has 0 aliphatic rings. The summed E-state index contributed by atoms with van der Waals surface area (Å²) in [6, 6.07) is 21.4. The van der Waals surface area contributed by atoms with Gasteiger partial charge in [0.05, 0.1) is 0 Å². The second-order valence-electron chi connectivity index (χ2n) is 7.29. The van der Waals surface area contributed by atoms with E-state index < -0.39 is 0 Å². The average molecular weight is 406 g/mol. The third-order valence-corrected chi connectivity index (χ3v) is 6.23. The Morgan fingerprint density at radius 2 is 1.55 bits per heavy atom. The summed E-state index contributed by atoms with van der Waals surface area (Å²) in [6.07, 6.45) is 10.9. The third kappa shape index (κ3) is 6.47. The van der Waals surface area contributed by atoms with Crippen molar-refractivity contribution in [3.05, 3.63) is 84.3 Å². The van der Waals surface area contributed by atoms with Crippen molar-refractivity contribution in [3.8, 4) is 0 Å². The Morgan fingerprint density at radius 3 is 2.28 bits per heavy atom. The predicted molar refractivity (Wildman–Crippen MR) is 124 cm³/mol. The van der Waals surface area contributed by atoms with Gasteiger partial charge in [-0.25, -0.2) is 4.57 Å². The van der Waals surface area contributed by atoms with Crippen LogP contribution < -0.4 is 14.0 Å². The zero-order valence-corrected chi connectivity index (χ0v) is 18.5. The second-order valence-corrected chi connectivity index (χ2v) is 8.40. The van der Waals surface area contributed by atoms with Gasteiger partial charge in [0.15, 0.2) is 12.4 Å². The standard InChI is InChI=1S/C25H31N3S/c1-26-18-6-4-10-23(26)15-12-22-13-16-24(17-14-22)27(2)19-8-9-21-29-25-11-5-7-20-28(25)3/h4-7,10-18,20H,8-9,19,21H2,1-3H3/q+2. The lowest BCUT2D eigenvalue weighted by Gasteiger charge is -2.19. The van der Waals surface area contributed by atoms with E-state index in [-0.39, 0.29) is 0 Å². The Bertz CT molecular complexity index is 935. The van der Waals surface area contributed by atoms with Gasteiger partial charge in [-0.05, 0) is 48.7 Å². The van der Waals surface area contributed by atoms with Gasteiger partial charge in [0.1, 0.15) is 14.1 Å². The van der Waals surface area contributed by atoms with E-state index in [0.29, 0.717) is 0 Å². The minimum atomic E-state index is 1.08. The maximum absolute atomic E-state index is 2.35. The maximum atomic E-state index is 2.35. The van der Waals surface area contributed by atoms with E-state index >= 15 is 0 Å². The minimum Gasteiger partial charge on any atom is -0.375 e. The van der Waals surface area contributed by atoms with E-state index in [1.807, 2.05) is 17.8 Å². The van der Waals surface area contributed by atoms with Gasteiger partial charge in [-0.15, -0.1) is 0 Å². The van der Waals surface area contributed by atoms with Gasteiger partial charge < -0.3 is 4.90 Å². The molecule has 2 aromatic heterocycles. The van der Waals surface area contributed by atoms with Crippen LogP contribution in [0.2, 0.25) is 0 Å². The lowest BCUT2D eigenvalue weighted by atomic mass is 10.1. The molecule has 150 valence electrons. The topological polar surface area (TPSA) is 11.0 Å².